The first kappa shape index (κ1) is 72.2. The lowest BCUT2D eigenvalue weighted by molar-refractivity contribution is -0.161. The molecule has 0 aliphatic rings. The van der Waals surface area contributed by atoms with Gasteiger partial charge in [0.15, 0.2) is 6.10 Å². The first-order valence-corrected chi connectivity index (χ1v) is 32.6. The molecule has 0 aromatic heterocycles. The highest BCUT2D eigenvalue weighted by molar-refractivity contribution is 7.47. The van der Waals surface area contributed by atoms with Crippen molar-refractivity contribution in [2.24, 2.45) is 5.73 Å². The average molecular weight is 1070 g/mol. The van der Waals surface area contributed by atoms with E-state index < -0.39 is 26.5 Å². The van der Waals surface area contributed by atoms with E-state index in [9.17, 15) is 19.0 Å². The minimum Gasteiger partial charge on any atom is -0.462 e. The molecule has 10 heteroatoms. The van der Waals surface area contributed by atoms with E-state index in [2.05, 4.69) is 98.9 Å². The summed E-state index contributed by atoms with van der Waals surface area (Å²) in [5.74, 6) is -0.829. The Labute approximate surface area is 462 Å². The van der Waals surface area contributed by atoms with Crippen LogP contribution >= 0.6 is 7.82 Å². The van der Waals surface area contributed by atoms with Crippen molar-refractivity contribution in [3.63, 3.8) is 0 Å². The molecule has 2 atom stereocenters. The van der Waals surface area contributed by atoms with Gasteiger partial charge in [0.05, 0.1) is 13.2 Å². The molecule has 3 N–H and O–H groups in total. The Bertz CT molecular complexity index is 1500. The maximum absolute atomic E-state index is 12.7. The monoisotopic (exact) mass is 1070 g/mol. The molecule has 0 bridgehead atoms. The van der Waals surface area contributed by atoms with Crippen molar-refractivity contribution in [2.45, 2.75) is 290 Å². The third-order valence-corrected chi connectivity index (χ3v) is 14.2. The molecule has 0 aliphatic heterocycles. The molecule has 0 spiro atoms. The Morgan fingerprint density at radius 2 is 0.733 bits per heavy atom. The van der Waals surface area contributed by atoms with E-state index >= 15 is 0 Å². The summed E-state index contributed by atoms with van der Waals surface area (Å²) in [5, 5.41) is 0. The molecule has 0 rings (SSSR count). The van der Waals surface area contributed by atoms with Gasteiger partial charge in [0.1, 0.15) is 6.61 Å². The number of unbranched alkanes of at least 4 members (excludes halogenated alkanes) is 31. The summed E-state index contributed by atoms with van der Waals surface area (Å²) >= 11 is 0. The number of hydrogen-bond acceptors (Lipinski definition) is 8. The summed E-state index contributed by atoms with van der Waals surface area (Å²) in [7, 11) is -4.39. The predicted octanol–water partition coefficient (Wildman–Crippen LogP) is 19.9. The quantitative estimate of drug-likeness (QED) is 0.0264. The number of ether oxygens (including phenoxy) is 2. The zero-order chi connectivity index (χ0) is 54.5. The number of hydrogen-bond donors (Lipinski definition) is 2. The second-order valence-electron chi connectivity index (χ2n) is 20.5. The minimum atomic E-state index is -4.39. The normalized spacial score (nSPS) is 13.6. The van der Waals surface area contributed by atoms with E-state index in [1.165, 1.54) is 161 Å². The van der Waals surface area contributed by atoms with Gasteiger partial charge < -0.3 is 20.1 Å². The third kappa shape index (κ3) is 60.3. The lowest BCUT2D eigenvalue weighted by Crippen LogP contribution is -2.29. The Kier molecular flexibility index (Phi) is 58.2. The number of rotatable bonds is 58. The lowest BCUT2D eigenvalue weighted by atomic mass is 10.0. The molecule has 0 amide bonds. The molecule has 0 aromatic carbocycles. The van der Waals surface area contributed by atoms with Gasteiger partial charge in [-0.15, -0.1) is 0 Å². The van der Waals surface area contributed by atoms with Crippen molar-refractivity contribution in [2.75, 3.05) is 26.4 Å². The Morgan fingerprint density at radius 1 is 0.413 bits per heavy atom. The average Bonchev–Trinajstić information content (AvgIpc) is 3.40. The second kappa shape index (κ2) is 60.4. The van der Waals surface area contributed by atoms with Crippen molar-refractivity contribution < 1.29 is 37.6 Å². The largest absolute Gasteiger partial charge is 0.472 e. The number of allylic oxidation sites excluding steroid dienone is 14. The van der Waals surface area contributed by atoms with Crippen LogP contribution in [-0.4, -0.2) is 49.3 Å². The predicted molar refractivity (Wildman–Crippen MR) is 321 cm³/mol. The molecule has 0 aliphatic carbocycles. The molecule has 0 heterocycles. The smallest absolute Gasteiger partial charge is 0.462 e. The number of nitrogens with two attached hydrogens (primary N) is 1. The van der Waals surface area contributed by atoms with Crippen molar-refractivity contribution in [3.05, 3.63) is 85.1 Å². The van der Waals surface area contributed by atoms with Gasteiger partial charge in [0.25, 0.3) is 0 Å². The molecule has 0 aromatic rings. The van der Waals surface area contributed by atoms with Crippen LogP contribution < -0.4 is 5.73 Å². The van der Waals surface area contributed by atoms with Crippen LogP contribution in [0.5, 0.6) is 0 Å². The molecule has 434 valence electrons. The topological polar surface area (TPSA) is 134 Å². The van der Waals surface area contributed by atoms with Gasteiger partial charge in [-0.05, 0) is 89.9 Å². The first-order chi connectivity index (χ1) is 36.8. The maximum Gasteiger partial charge on any atom is 0.472 e. The summed E-state index contributed by atoms with van der Waals surface area (Å²) in [6, 6.07) is 0. The number of phosphoric acid groups is 1. The summed E-state index contributed by atoms with van der Waals surface area (Å²) in [6.07, 6.45) is 79.3. The number of carbonyl (C=O) groups is 2. The lowest BCUT2D eigenvalue weighted by Gasteiger charge is -2.19. The highest BCUT2D eigenvalue weighted by Crippen LogP contribution is 2.43. The number of esters is 2. The van der Waals surface area contributed by atoms with Gasteiger partial charge in [-0.1, -0.05) is 266 Å². The first-order valence-electron chi connectivity index (χ1n) is 31.1. The molecule has 75 heavy (non-hydrogen) atoms. The zero-order valence-electron chi connectivity index (χ0n) is 48.5. The maximum atomic E-state index is 12.7. The highest BCUT2D eigenvalue weighted by Gasteiger charge is 2.26. The molecule has 0 saturated carbocycles. The van der Waals surface area contributed by atoms with Crippen molar-refractivity contribution in [3.8, 4) is 0 Å². The second-order valence-corrected chi connectivity index (χ2v) is 22.0. The van der Waals surface area contributed by atoms with E-state index in [0.717, 1.165) is 89.9 Å². The van der Waals surface area contributed by atoms with Crippen LogP contribution in [-0.2, 0) is 32.7 Å². The molecule has 2 unspecified atom stereocenters. The molecule has 0 fully saturated rings. The SMILES string of the molecule is CC/C=C\C/C=C\C/C=C\C/C=C\CCCCCCCCCCCCCCCCCCCCC(=O)OC(COC(=O)CCCCCCCCCC/C=C\C/C=C\C/C=C\CCCCCCC)COP(=O)(O)OCCN. The van der Waals surface area contributed by atoms with Gasteiger partial charge >= 0.3 is 19.8 Å². The van der Waals surface area contributed by atoms with Crippen LogP contribution in [0, 0.1) is 0 Å². The molecular weight excluding hydrogens is 954 g/mol. The van der Waals surface area contributed by atoms with Crippen LogP contribution in [0.4, 0.5) is 0 Å². The molecular formula is C65H116NO8P. The van der Waals surface area contributed by atoms with Gasteiger partial charge in [0.2, 0.25) is 0 Å². The number of phosphoric ester groups is 1. The van der Waals surface area contributed by atoms with Crippen LogP contribution in [0.15, 0.2) is 85.1 Å². The van der Waals surface area contributed by atoms with Crippen LogP contribution in [0.2, 0.25) is 0 Å². The minimum absolute atomic E-state index is 0.0503. The Morgan fingerprint density at radius 3 is 1.09 bits per heavy atom. The fraction of sp³-hybridized carbons (Fsp3) is 0.754. The highest BCUT2D eigenvalue weighted by atomic mass is 31.2. The Balaban J connectivity index is 3.93. The van der Waals surface area contributed by atoms with Crippen LogP contribution in [0.1, 0.15) is 284 Å². The van der Waals surface area contributed by atoms with Gasteiger partial charge in [-0.25, -0.2) is 4.57 Å². The van der Waals surface area contributed by atoms with E-state index in [-0.39, 0.29) is 38.6 Å². The van der Waals surface area contributed by atoms with Gasteiger partial charge in [-0.2, -0.15) is 0 Å². The van der Waals surface area contributed by atoms with Gasteiger partial charge in [0, 0.05) is 19.4 Å². The third-order valence-electron chi connectivity index (χ3n) is 13.3. The Hall–Kier alpha value is -2.81. The standard InChI is InChI=1S/C65H116NO8P/c1-3-5-7-9-11-13-15-17-19-21-23-25-27-28-29-30-31-32-33-34-36-38-40-42-44-46-48-50-52-54-56-58-65(68)74-63(62-73-75(69,70)72-60-59-66)61-71-64(67)57-55-53-51-49-47-45-43-41-39-37-35-26-24-22-20-18-16-14-12-10-8-6-4-2/h5,7,11,13,16-19,22-25,35,37,63H,3-4,6,8-10,12,14-15,20-21,26-34,36,38-62,66H2,1-2H3,(H,69,70)/b7-5-,13-11-,18-16-,19-17-,24-22-,25-23-,37-35-. The molecule has 9 nitrogen and oxygen atoms in total. The van der Waals surface area contributed by atoms with Crippen LogP contribution in [0.25, 0.3) is 0 Å². The van der Waals surface area contributed by atoms with Crippen LogP contribution in [0.3, 0.4) is 0 Å². The summed E-state index contributed by atoms with van der Waals surface area (Å²) in [5.41, 5.74) is 5.39. The van der Waals surface area contributed by atoms with Crippen molar-refractivity contribution >= 4 is 19.8 Å². The van der Waals surface area contributed by atoms with E-state index in [1.54, 1.807) is 0 Å². The summed E-state index contributed by atoms with van der Waals surface area (Å²) in [6.45, 7) is 3.64. The summed E-state index contributed by atoms with van der Waals surface area (Å²) in [4.78, 5) is 35.3. The fourth-order valence-electron chi connectivity index (χ4n) is 8.69. The fourth-order valence-corrected chi connectivity index (χ4v) is 9.46. The number of carbonyl (C=O) groups excluding carboxylic acids is 2. The van der Waals surface area contributed by atoms with E-state index in [0.29, 0.717) is 6.42 Å². The zero-order valence-corrected chi connectivity index (χ0v) is 49.4. The summed E-state index contributed by atoms with van der Waals surface area (Å²) < 4.78 is 33.1. The molecule has 0 saturated heterocycles. The van der Waals surface area contributed by atoms with E-state index in [1.807, 2.05) is 0 Å². The van der Waals surface area contributed by atoms with E-state index in [4.69, 9.17) is 24.3 Å². The molecule has 0 radical (unpaired) electrons. The van der Waals surface area contributed by atoms with Gasteiger partial charge in [-0.3, -0.25) is 18.6 Å². The van der Waals surface area contributed by atoms with Crippen molar-refractivity contribution in [1.82, 2.24) is 0 Å². The van der Waals surface area contributed by atoms with Crippen molar-refractivity contribution in [1.29, 1.82) is 0 Å².